The molecule has 2 unspecified atom stereocenters. The van der Waals surface area contributed by atoms with Gasteiger partial charge in [0, 0.05) is 45.2 Å². The summed E-state index contributed by atoms with van der Waals surface area (Å²) in [7, 11) is 0. The van der Waals surface area contributed by atoms with Crippen LogP contribution in [-0.4, -0.2) is 42.1 Å². The lowest BCUT2D eigenvalue weighted by Crippen LogP contribution is -2.40. The van der Waals surface area contributed by atoms with E-state index < -0.39 is 0 Å². The largest absolute Gasteiger partial charge is 0.433 e. The van der Waals surface area contributed by atoms with Crippen LogP contribution in [0.3, 0.4) is 0 Å². The Morgan fingerprint density at radius 2 is 1.91 bits per heavy atom. The van der Waals surface area contributed by atoms with Crippen LogP contribution in [0.15, 0.2) is 57.1 Å². The van der Waals surface area contributed by atoms with Gasteiger partial charge in [0.1, 0.15) is 0 Å². The molecule has 0 saturated carbocycles. The molecule has 1 fully saturated rings. The average molecular weight is 732 g/mol. The van der Waals surface area contributed by atoms with Crippen LogP contribution in [0.25, 0.3) is 12.2 Å². The number of halogens is 4. The Bertz CT molecular complexity index is 1280. The minimum Gasteiger partial charge on any atom is -0.433 e. The number of benzene rings is 1. The maximum Gasteiger partial charge on any atom is 0.226 e. The SMILES string of the molecule is O=C(CC1=CC=IC([OH2+])C=C1)N1CCC(C2c3ncc(Br)cc3C=Cc3cc(Cl)cc(Br)c32)CC1. The molecule has 0 spiro atoms. The Balaban J connectivity index is 1.38. The fraction of sp³-hybridized carbons (Fsp3) is 0.296. The first kappa shape index (κ1) is 25.5. The van der Waals surface area contributed by atoms with Gasteiger partial charge in [0.25, 0.3) is 0 Å². The molecule has 35 heavy (non-hydrogen) atoms. The van der Waals surface area contributed by atoms with Crippen LogP contribution in [0.2, 0.25) is 5.02 Å². The molecular formula is C27H25Br2ClIN2O2+. The van der Waals surface area contributed by atoms with Crippen molar-refractivity contribution in [3.63, 3.8) is 0 Å². The first-order valence-electron chi connectivity index (χ1n) is 11.5. The zero-order valence-corrected chi connectivity index (χ0v) is 24.9. The van der Waals surface area contributed by atoms with E-state index in [4.69, 9.17) is 21.7 Å². The summed E-state index contributed by atoms with van der Waals surface area (Å²) in [6, 6.07) is 6.12. The Morgan fingerprint density at radius 3 is 2.71 bits per heavy atom. The van der Waals surface area contributed by atoms with Crippen molar-refractivity contribution in [1.29, 1.82) is 0 Å². The molecule has 1 aromatic carbocycles. The van der Waals surface area contributed by atoms with Crippen molar-refractivity contribution in [2.45, 2.75) is 29.3 Å². The number of alkyl halides is 1. The Labute approximate surface area is 237 Å². The number of aromatic nitrogens is 1. The van der Waals surface area contributed by atoms with Crippen molar-refractivity contribution in [3.8, 4) is 0 Å². The molecule has 182 valence electrons. The van der Waals surface area contributed by atoms with E-state index in [-0.39, 0.29) is 36.7 Å². The minimum atomic E-state index is -0.283. The van der Waals surface area contributed by atoms with Crippen LogP contribution in [-0.2, 0) is 4.79 Å². The van der Waals surface area contributed by atoms with E-state index in [1.165, 1.54) is 5.56 Å². The Hall–Kier alpha value is -1.13. The molecule has 5 rings (SSSR count). The second kappa shape index (κ2) is 11.1. The van der Waals surface area contributed by atoms with Gasteiger partial charge < -0.3 is 10.0 Å². The molecule has 1 aromatic heterocycles. The van der Waals surface area contributed by atoms with Gasteiger partial charge in [0.15, 0.2) is 0 Å². The summed E-state index contributed by atoms with van der Waals surface area (Å²) in [6.07, 6.45) is 14.3. The number of hydrogen-bond acceptors (Lipinski definition) is 2. The molecule has 0 radical (unpaired) electrons. The van der Waals surface area contributed by atoms with Crippen molar-refractivity contribution in [2.75, 3.05) is 13.1 Å². The molecule has 0 bridgehead atoms. The first-order chi connectivity index (χ1) is 16.9. The van der Waals surface area contributed by atoms with Gasteiger partial charge in [-0.25, -0.2) is 0 Å². The minimum absolute atomic E-state index is 0.114. The standard InChI is InChI=1S/C27H24Br2ClIN2O2/c28-20-12-19-3-2-18-13-21(30)14-22(29)25(18)26(27(19)32-15-20)17-6-9-33(10-7-17)24(35)11-16-1-4-23(34)31-8-5-16/h1-5,8,12-15,17,23,26,34H,6-7,9-11H2/p+1. The summed E-state index contributed by atoms with van der Waals surface area (Å²) in [5.41, 5.74) is 5.54. The van der Waals surface area contributed by atoms with Crippen LogP contribution in [0, 0.1) is 5.92 Å². The van der Waals surface area contributed by atoms with E-state index >= 15 is 0 Å². The van der Waals surface area contributed by atoms with E-state index in [1.807, 2.05) is 41.5 Å². The lowest BCUT2D eigenvalue weighted by molar-refractivity contribution is -0.131. The van der Waals surface area contributed by atoms with Gasteiger partial charge in [0.2, 0.25) is 10.0 Å². The topological polar surface area (TPSA) is 56.1 Å². The van der Waals surface area contributed by atoms with Gasteiger partial charge in [-0.15, -0.1) is 0 Å². The fourth-order valence-corrected chi connectivity index (χ4v) is 8.09. The van der Waals surface area contributed by atoms with Crippen LogP contribution in [0.1, 0.15) is 47.6 Å². The smallest absolute Gasteiger partial charge is 0.226 e. The normalized spacial score (nSPS) is 21.9. The molecule has 2 aromatic rings. The van der Waals surface area contributed by atoms with Gasteiger partial charge in [-0.05, 0) is 99.9 Å². The van der Waals surface area contributed by atoms with Crippen LogP contribution < -0.4 is 0 Å². The van der Waals surface area contributed by atoms with Crippen molar-refractivity contribution in [2.24, 2.45) is 5.92 Å². The molecule has 8 heteroatoms. The third kappa shape index (κ3) is 5.74. The van der Waals surface area contributed by atoms with Gasteiger partial charge >= 0.3 is 0 Å². The maximum absolute atomic E-state index is 13.1. The van der Waals surface area contributed by atoms with Crippen LogP contribution >= 0.6 is 64.2 Å². The van der Waals surface area contributed by atoms with Crippen molar-refractivity contribution >= 4 is 86.3 Å². The summed E-state index contributed by atoms with van der Waals surface area (Å²) in [5, 5.41) is 8.64. The molecule has 2 aliphatic heterocycles. The predicted molar refractivity (Wildman–Crippen MR) is 160 cm³/mol. The lowest BCUT2D eigenvalue weighted by Gasteiger charge is -2.37. The van der Waals surface area contributed by atoms with E-state index in [1.54, 1.807) is 0 Å². The van der Waals surface area contributed by atoms with Gasteiger partial charge in [-0.2, -0.15) is 0 Å². The monoisotopic (exact) mass is 729 g/mol. The zero-order valence-electron chi connectivity index (χ0n) is 18.9. The Kier molecular flexibility index (Phi) is 8.08. The average Bonchev–Trinajstić information content (AvgIpc) is 3.13. The molecule has 1 amide bonds. The van der Waals surface area contributed by atoms with Crippen LogP contribution in [0.5, 0.6) is 0 Å². The molecule has 1 saturated heterocycles. The third-order valence-electron chi connectivity index (χ3n) is 6.77. The van der Waals surface area contributed by atoms with Gasteiger partial charge in [-0.1, -0.05) is 51.8 Å². The first-order valence-corrected chi connectivity index (χ1v) is 16.0. The molecule has 4 nitrogen and oxygen atoms in total. The molecule has 3 aliphatic rings. The number of likely N-dealkylation sites (tertiary alicyclic amines) is 1. The Morgan fingerprint density at radius 1 is 1.14 bits per heavy atom. The number of pyridine rings is 1. The number of carbonyl (C=O) groups is 1. The van der Waals surface area contributed by atoms with E-state index in [0.717, 1.165) is 57.3 Å². The highest BCUT2D eigenvalue weighted by Gasteiger charge is 2.35. The van der Waals surface area contributed by atoms with E-state index in [0.29, 0.717) is 17.4 Å². The van der Waals surface area contributed by atoms with Crippen molar-refractivity contribution in [1.82, 2.24) is 9.88 Å². The van der Waals surface area contributed by atoms with Gasteiger partial charge in [-0.3, -0.25) is 9.78 Å². The highest BCUT2D eigenvalue weighted by molar-refractivity contribution is 14.2. The second-order valence-electron chi connectivity index (χ2n) is 8.98. The van der Waals surface area contributed by atoms with Crippen molar-refractivity contribution < 1.29 is 9.90 Å². The lowest BCUT2D eigenvalue weighted by atomic mass is 9.76. The van der Waals surface area contributed by atoms with Crippen molar-refractivity contribution in [3.05, 3.63) is 84.5 Å². The maximum atomic E-state index is 13.1. The highest BCUT2D eigenvalue weighted by Crippen LogP contribution is 2.46. The zero-order chi connectivity index (χ0) is 24.5. The number of fused-ring (bicyclic) bond motifs is 2. The summed E-state index contributed by atoms with van der Waals surface area (Å²) in [5.74, 6) is 0.654. The second-order valence-corrected chi connectivity index (χ2v) is 14.0. The fourth-order valence-electron chi connectivity index (χ4n) is 5.09. The number of allylic oxidation sites excluding steroid dienone is 2. The quantitative estimate of drug-likeness (QED) is 0.198. The molecule has 2 N–H and O–H groups in total. The number of carbonyl (C=O) groups excluding carboxylic acids is 1. The predicted octanol–water partition coefficient (Wildman–Crippen LogP) is 6.82. The van der Waals surface area contributed by atoms with Crippen LogP contribution in [0.4, 0.5) is 0 Å². The summed E-state index contributed by atoms with van der Waals surface area (Å²) in [6.45, 7) is 1.49. The number of nitrogens with zero attached hydrogens (tertiary/aromatic N) is 2. The number of piperidine rings is 1. The number of rotatable bonds is 3. The van der Waals surface area contributed by atoms with Gasteiger partial charge in [0.05, 0.1) is 12.1 Å². The molecule has 3 heterocycles. The summed E-state index contributed by atoms with van der Waals surface area (Å²) >= 11 is 13.5. The summed E-state index contributed by atoms with van der Waals surface area (Å²) < 4.78 is 3.96. The molecule has 2 atom stereocenters. The third-order valence-corrected chi connectivity index (χ3v) is 10.0. The number of hydrogen-bond donors (Lipinski definition) is 0. The summed E-state index contributed by atoms with van der Waals surface area (Å²) in [4.78, 5) is 20.0. The van der Waals surface area contributed by atoms with E-state index in [2.05, 4.69) is 54.1 Å². The molecular weight excluding hydrogens is 706 g/mol. The number of amides is 1. The highest BCUT2D eigenvalue weighted by atomic mass is 127. The van der Waals surface area contributed by atoms with E-state index in [9.17, 15) is 4.79 Å². The molecule has 1 aliphatic carbocycles.